The van der Waals surface area contributed by atoms with Gasteiger partial charge in [0.25, 0.3) is 15.7 Å². The van der Waals surface area contributed by atoms with E-state index in [1.54, 1.807) is 11.4 Å². The zero-order valence-corrected chi connectivity index (χ0v) is 12.5. The van der Waals surface area contributed by atoms with Gasteiger partial charge in [-0.25, -0.2) is 8.42 Å². The summed E-state index contributed by atoms with van der Waals surface area (Å²) in [4.78, 5) is 10.2. The lowest BCUT2D eigenvalue weighted by molar-refractivity contribution is -0.383. The number of hydrogen-bond acceptors (Lipinski definition) is 5. The Balaban J connectivity index is 2.42. The first-order valence-corrected chi connectivity index (χ1v) is 8.06. The summed E-state index contributed by atoms with van der Waals surface area (Å²) in [5, 5.41) is 12.4. The van der Waals surface area contributed by atoms with Crippen molar-refractivity contribution in [3.05, 3.63) is 50.3 Å². The topological polar surface area (TPSA) is 89.3 Å². The summed E-state index contributed by atoms with van der Waals surface area (Å²) in [6.07, 6.45) is 0. The molecule has 1 aromatic carbocycles. The van der Waals surface area contributed by atoms with Crippen molar-refractivity contribution in [2.24, 2.45) is 0 Å². The first-order chi connectivity index (χ1) is 8.92. The highest BCUT2D eigenvalue weighted by Gasteiger charge is 2.23. The number of sulfonamides is 1. The highest BCUT2D eigenvalue weighted by atomic mass is 79.9. The van der Waals surface area contributed by atoms with Gasteiger partial charge in [-0.15, -0.1) is 11.3 Å². The Kier molecular flexibility index (Phi) is 3.88. The lowest BCUT2D eigenvalue weighted by Crippen LogP contribution is -2.13. The van der Waals surface area contributed by atoms with Crippen LogP contribution in [0.25, 0.3) is 0 Å². The maximum atomic E-state index is 12.1. The molecule has 19 heavy (non-hydrogen) atoms. The van der Waals surface area contributed by atoms with Gasteiger partial charge in [-0.05, 0) is 33.4 Å². The minimum Gasteiger partial charge on any atom is -0.272 e. The lowest BCUT2D eigenvalue weighted by Gasteiger charge is -2.07. The molecule has 100 valence electrons. The molecule has 0 atom stereocenters. The van der Waals surface area contributed by atoms with Crippen LogP contribution in [0.5, 0.6) is 0 Å². The maximum absolute atomic E-state index is 12.1. The molecule has 0 saturated carbocycles. The van der Waals surface area contributed by atoms with Crippen LogP contribution in [-0.4, -0.2) is 13.3 Å². The smallest absolute Gasteiger partial charge is 0.272 e. The summed E-state index contributed by atoms with van der Waals surface area (Å²) in [5.74, 6) is 0. The van der Waals surface area contributed by atoms with Gasteiger partial charge < -0.3 is 0 Å². The molecule has 0 aliphatic carbocycles. The van der Waals surface area contributed by atoms with Gasteiger partial charge in [0, 0.05) is 10.5 Å². The fraction of sp³-hybridized carbons (Fsp3) is 0. The average Bonchev–Trinajstić information content (AvgIpc) is 2.76. The molecule has 0 bridgehead atoms. The van der Waals surface area contributed by atoms with Crippen molar-refractivity contribution in [3.63, 3.8) is 0 Å². The van der Waals surface area contributed by atoms with E-state index in [1.165, 1.54) is 24.3 Å². The van der Waals surface area contributed by atoms with Gasteiger partial charge in [0.05, 0.1) is 4.92 Å². The van der Waals surface area contributed by atoms with Gasteiger partial charge in [0.2, 0.25) is 0 Å². The molecule has 0 aliphatic rings. The van der Waals surface area contributed by atoms with Gasteiger partial charge in [-0.3, -0.25) is 14.8 Å². The number of para-hydroxylation sites is 2. The van der Waals surface area contributed by atoms with Crippen LogP contribution in [0.4, 0.5) is 11.4 Å². The molecule has 0 spiro atoms. The van der Waals surface area contributed by atoms with E-state index in [1.807, 2.05) is 0 Å². The second-order valence-corrected chi connectivity index (χ2v) is 7.08. The Morgan fingerprint density at radius 2 is 1.95 bits per heavy atom. The number of nitrogens with zero attached hydrogens (tertiary/aromatic N) is 1. The third-order valence-electron chi connectivity index (χ3n) is 2.17. The van der Waals surface area contributed by atoms with Gasteiger partial charge in [-0.2, -0.15) is 0 Å². The second kappa shape index (κ2) is 5.27. The van der Waals surface area contributed by atoms with E-state index in [4.69, 9.17) is 0 Å². The number of rotatable bonds is 4. The zero-order valence-electron chi connectivity index (χ0n) is 9.24. The highest BCUT2D eigenvalue weighted by Crippen LogP contribution is 2.31. The van der Waals surface area contributed by atoms with E-state index >= 15 is 0 Å². The predicted octanol–water partition coefficient (Wildman–Crippen LogP) is 3.22. The molecule has 2 rings (SSSR count). The summed E-state index contributed by atoms with van der Waals surface area (Å²) < 4.78 is 26.9. The molecule has 0 unspecified atom stereocenters. The van der Waals surface area contributed by atoms with E-state index in [0.29, 0.717) is 4.47 Å². The number of nitrogens with one attached hydrogen (secondary N) is 1. The van der Waals surface area contributed by atoms with Gasteiger partial charge >= 0.3 is 0 Å². The second-order valence-electron chi connectivity index (χ2n) is 3.44. The first-order valence-electron chi connectivity index (χ1n) is 4.91. The number of benzene rings is 1. The van der Waals surface area contributed by atoms with Crippen molar-refractivity contribution in [2.75, 3.05) is 4.72 Å². The van der Waals surface area contributed by atoms with Crippen molar-refractivity contribution in [2.45, 2.75) is 4.21 Å². The molecule has 0 aliphatic heterocycles. The van der Waals surface area contributed by atoms with Gasteiger partial charge in [0.1, 0.15) is 5.69 Å². The quantitative estimate of drug-likeness (QED) is 0.667. The minimum atomic E-state index is -3.84. The third-order valence-corrected chi connectivity index (χ3v) is 6.21. The van der Waals surface area contributed by atoms with Crippen LogP contribution in [0.2, 0.25) is 0 Å². The maximum Gasteiger partial charge on any atom is 0.293 e. The van der Waals surface area contributed by atoms with Crippen LogP contribution < -0.4 is 4.72 Å². The van der Waals surface area contributed by atoms with Crippen molar-refractivity contribution >= 4 is 48.7 Å². The molecule has 1 aromatic heterocycles. The number of anilines is 1. The normalized spacial score (nSPS) is 11.2. The largest absolute Gasteiger partial charge is 0.293 e. The Morgan fingerprint density at radius 1 is 1.26 bits per heavy atom. The van der Waals surface area contributed by atoms with Crippen molar-refractivity contribution in [1.29, 1.82) is 0 Å². The van der Waals surface area contributed by atoms with Crippen LogP contribution in [0.3, 0.4) is 0 Å². The van der Waals surface area contributed by atoms with Crippen molar-refractivity contribution in [1.82, 2.24) is 0 Å². The van der Waals surface area contributed by atoms with Crippen LogP contribution in [-0.2, 0) is 10.0 Å². The van der Waals surface area contributed by atoms with E-state index in [2.05, 4.69) is 20.7 Å². The Bertz CT molecular complexity index is 727. The molecule has 0 saturated heterocycles. The van der Waals surface area contributed by atoms with E-state index in [9.17, 15) is 18.5 Å². The van der Waals surface area contributed by atoms with Crippen molar-refractivity contribution in [3.8, 4) is 0 Å². The molecule has 1 N–H and O–H groups in total. The van der Waals surface area contributed by atoms with Gasteiger partial charge in [0.15, 0.2) is 4.21 Å². The average molecular weight is 363 g/mol. The number of nitro benzene ring substituents is 1. The first kappa shape index (κ1) is 14.0. The number of nitro groups is 1. The molecule has 1 heterocycles. The summed E-state index contributed by atoms with van der Waals surface area (Å²) >= 11 is 4.14. The van der Waals surface area contributed by atoms with Gasteiger partial charge in [-0.1, -0.05) is 12.1 Å². The number of thiophene rings is 1. The summed E-state index contributed by atoms with van der Waals surface area (Å²) in [5.41, 5.74) is -0.355. The Hall–Kier alpha value is -1.45. The lowest BCUT2D eigenvalue weighted by atomic mass is 10.3. The summed E-state index contributed by atoms with van der Waals surface area (Å²) in [6.45, 7) is 0. The number of halogens is 1. The molecule has 2 aromatic rings. The molecule has 0 amide bonds. The summed E-state index contributed by atoms with van der Waals surface area (Å²) in [7, 11) is -3.84. The van der Waals surface area contributed by atoms with Crippen LogP contribution in [0.1, 0.15) is 0 Å². The monoisotopic (exact) mass is 362 g/mol. The predicted molar refractivity (Wildman–Crippen MR) is 75.9 cm³/mol. The highest BCUT2D eigenvalue weighted by molar-refractivity contribution is 9.10. The standard InChI is InChI=1S/C10H7BrN2O4S2/c11-7-5-6-18-10(7)19(16,17)12-8-3-1-2-4-9(8)13(14)15/h1-6,12H. The summed E-state index contributed by atoms with van der Waals surface area (Å²) in [6, 6.07) is 7.17. The molecule has 6 nitrogen and oxygen atoms in total. The molecule has 9 heteroatoms. The van der Waals surface area contributed by atoms with Crippen molar-refractivity contribution < 1.29 is 13.3 Å². The third kappa shape index (κ3) is 2.94. The molecule has 0 fully saturated rings. The Labute approximate surface area is 121 Å². The number of hydrogen-bond donors (Lipinski definition) is 1. The molecule has 0 radical (unpaired) electrons. The van der Waals surface area contributed by atoms with Crippen LogP contribution in [0, 0.1) is 10.1 Å². The van der Waals surface area contributed by atoms with E-state index < -0.39 is 14.9 Å². The fourth-order valence-electron chi connectivity index (χ4n) is 1.38. The SMILES string of the molecule is O=[N+]([O-])c1ccccc1NS(=O)(=O)c1sccc1Br. The minimum absolute atomic E-state index is 0.0622. The Morgan fingerprint density at radius 3 is 2.53 bits per heavy atom. The van der Waals surface area contributed by atoms with Crippen LogP contribution >= 0.6 is 27.3 Å². The van der Waals surface area contributed by atoms with E-state index in [-0.39, 0.29) is 15.6 Å². The van der Waals surface area contributed by atoms with E-state index in [0.717, 1.165) is 11.3 Å². The zero-order chi connectivity index (χ0) is 14.0. The molecular formula is C10H7BrN2O4S2. The molecular weight excluding hydrogens is 356 g/mol. The van der Waals surface area contributed by atoms with Crippen LogP contribution in [0.15, 0.2) is 44.4 Å². The fourth-order valence-corrected chi connectivity index (χ4v) is 4.79.